The molecule has 1 saturated heterocycles. The van der Waals surface area contributed by atoms with Crippen molar-refractivity contribution in [2.75, 3.05) is 19.6 Å². The van der Waals surface area contributed by atoms with Crippen LogP contribution in [0.1, 0.15) is 58.3 Å². The number of unbranched alkanes of at least 4 members (excludes halogenated alkanes) is 3. The lowest BCUT2D eigenvalue weighted by molar-refractivity contribution is -0.121. The average Bonchev–Trinajstić information content (AvgIpc) is 2.37. The molecule has 0 aromatic heterocycles. The van der Waals surface area contributed by atoms with Gasteiger partial charge < -0.3 is 10.6 Å². The maximum atomic E-state index is 11.6. The Kier molecular flexibility index (Phi) is 8.06. The van der Waals surface area contributed by atoms with E-state index in [1.807, 2.05) is 0 Å². The van der Waals surface area contributed by atoms with Crippen LogP contribution in [0, 0.1) is 5.92 Å². The minimum atomic E-state index is 0.243. The van der Waals surface area contributed by atoms with E-state index in [9.17, 15) is 4.79 Å². The summed E-state index contributed by atoms with van der Waals surface area (Å²) < 4.78 is 0. The van der Waals surface area contributed by atoms with Gasteiger partial charge in [-0.15, -0.1) is 0 Å². The van der Waals surface area contributed by atoms with Crippen molar-refractivity contribution in [2.24, 2.45) is 5.92 Å². The van der Waals surface area contributed by atoms with Gasteiger partial charge in [-0.2, -0.15) is 0 Å². The van der Waals surface area contributed by atoms with Crippen molar-refractivity contribution < 1.29 is 4.79 Å². The van der Waals surface area contributed by atoms with Crippen LogP contribution in [-0.4, -0.2) is 25.5 Å². The molecule has 1 unspecified atom stereocenters. The first kappa shape index (κ1) is 14.5. The third-order valence-corrected chi connectivity index (χ3v) is 3.53. The molecule has 2 N–H and O–H groups in total. The number of carbonyl (C=O) groups is 1. The molecule has 1 atom stereocenters. The van der Waals surface area contributed by atoms with Crippen LogP contribution in [0.4, 0.5) is 0 Å². The lowest BCUT2D eigenvalue weighted by atomic mass is 9.94. The van der Waals surface area contributed by atoms with E-state index in [0.29, 0.717) is 6.42 Å². The molecule has 0 aliphatic carbocycles. The SMILES string of the molecule is CCCCCCNC(=O)CCC1CCCNC1. The number of amides is 1. The Morgan fingerprint density at radius 3 is 2.94 bits per heavy atom. The van der Waals surface area contributed by atoms with Gasteiger partial charge in [-0.25, -0.2) is 0 Å². The molecular weight excluding hydrogens is 212 g/mol. The fraction of sp³-hybridized carbons (Fsp3) is 0.929. The molecule has 1 aliphatic heterocycles. The fourth-order valence-corrected chi connectivity index (χ4v) is 2.37. The standard InChI is InChI=1S/C14H28N2O/c1-2-3-4-5-11-16-14(17)9-8-13-7-6-10-15-12-13/h13,15H,2-12H2,1H3,(H,16,17). The number of hydrogen-bond donors (Lipinski definition) is 2. The highest BCUT2D eigenvalue weighted by molar-refractivity contribution is 5.75. The predicted molar refractivity (Wildman–Crippen MR) is 72.0 cm³/mol. The summed E-state index contributed by atoms with van der Waals surface area (Å²) in [5.74, 6) is 0.960. The van der Waals surface area contributed by atoms with Gasteiger partial charge in [-0.1, -0.05) is 26.2 Å². The van der Waals surface area contributed by atoms with Gasteiger partial charge in [-0.05, 0) is 44.7 Å². The lowest BCUT2D eigenvalue weighted by Crippen LogP contribution is -2.31. The van der Waals surface area contributed by atoms with E-state index in [-0.39, 0.29) is 5.91 Å². The monoisotopic (exact) mass is 240 g/mol. The van der Waals surface area contributed by atoms with E-state index in [1.54, 1.807) is 0 Å². The zero-order chi connectivity index (χ0) is 12.3. The summed E-state index contributed by atoms with van der Waals surface area (Å²) in [5.41, 5.74) is 0. The van der Waals surface area contributed by atoms with E-state index >= 15 is 0 Å². The Hall–Kier alpha value is -0.570. The summed E-state index contributed by atoms with van der Waals surface area (Å²) in [4.78, 5) is 11.6. The number of piperidine rings is 1. The zero-order valence-electron chi connectivity index (χ0n) is 11.3. The van der Waals surface area contributed by atoms with Crippen molar-refractivity contribution in [3.63, 3.8) is 0 Å². The number of carbonyl (C=O) groups excluding carboxylic acids is 1. The maximum absolute atomic E-state index is 11.6. The summed E-state index contributed by atoms with van der Waals surface area (Å²) in [6.07, 6.45) is 9.22. The summed E-state index contributed by atoms with van der Waals surface area (Å²) in [7, 11) is 0. The first-order valence-electron chi connectivity index (χ1n) is 7.30. The van der Waals surface area contributed by atoms with E-state index in [2.05, 4.69) is 17.6 Å². The van der Waals surface area contributed by atoms with Crippen molar-refractivity contribution >= 4 is 5.91 Å². The number of nitrogens with one attached hydrogen (secondary N) is 2. The molecule has 0 aromatic carbocycles. The molecule has 0 bridgehead atoms. The van der Waals surface area contributed by atoms with Crippen LogP contribution in [0.5, 0.6) is 0 Å². The van der Waals surface area contributed by atoms with Crippen LogP contribution < -0.4 is 10.6 Å². The van der Waals surface area contributed by atoms with Gasteiger partial charge in [0, 0.05) is 13.0 Å². The van der Waals surface area contributed by atoms with Crippen LogP contribution in [0.15, 0.2) is 0 Å². The molecule has 0 saturated carbocycles. The van der Waals surface area contributed by atoms with Gasteiger partial charge in [0.25, 0.3) is 0 Å². The quantitative estimate of drug-likeness (QED) is 0.640. The fourth-order valence-electron chi connectivity index (χ4n) is 2.37. The largest absolute Gasteiger partial charge is 0.356 e. The third kappa shape index (κ3) is 7.37. The second kappa shape index (κ2) is 9.46. The molecule has 1 rings (SSSR count). The predicted octanol–water partition coefficient (Wildman–Crippen LogP) is 2.46. The van der Waals surface area contributed by atoms with Gasteiger partial charge in [0.05, 0.1) is 0 Å². The van der Waals surface area contributed by atoms with Gasteiger partial charge in [0.1, 0.15) is 0 Å². The molecule has 0 radical (unpaired) electrons. The van der Waals surface area contributed by atoms with Crippen LogP contribution >= 0.6 is 0 Å². The molecule has 100 valence electrons. The van der Waals surface area contributed by atoms with Crippen molar-refractivity contribution in [1.29, 1.82) is 0 Å². The first-order valence-corrected chi connectivity index (χ1v) is 7.30. The van der Waals surface area contributed by atoms with Crippen molar-refractivity contribution in [3.05, 3.63) is 0 Å². The second-order valence-electron chi connectivity index (χ2n) is 5.16. The Morgan fingerprint density at radius 1 is 1.35 bits per heavy atom. The van der Waals surface area contributed by atoms with Crippen molar-refractivity contribution in [2.45, 2.75) is 58.3 Å². The Balaban J connectivity index is 1.93. The molecular formula is C14H28N2O. The Bertz CT molecular complexity index is 200. The maximum Gasteiger partial charge on any atom is 0.220 e. The molecule has 1 fully saturated rings. The molecule has 0 aromatic rings. The molecule has 1 amide bonds. The Morgan fingerprint density at radius 2 is 2.24 bits per heavy atom. The van der Waals surface area contributed by atoms with E-state index < -0.39 is 0 Å². The molecule has 1 heterocycles. The highest BCUT2D eigenvalue weighted by atomic mass is 16.1. The third-order valence-electron chi connectivity index (χ3n) is 3.53. The zero-order valence-corrected chi connectivity index (χ0v) is 11.3. The van der Waals surface area contributed by atoms with Crippen LogP contribution in [0.2, 0.25) is 0 Å². The topological polar surface area (TPSA) is 41.1 Å². The average molecular weight is 240 g/mol. The normalized spacial score (nSPS) is 20.2. The smallest absolute Gasteiger partial charge is 0.220 e. The van der Waals surface area contributed by atoms with Crippen LogP contribution in [0.25, 0.3) is 0 Å². The van der Waals surface area contributed by atoms with Crippen LogP contribution in [0.3, 0.4) is 0 Å². The number of rotatable bonds is 8. The molecule has 17 heavy (non-hydrogen) atoms. The van der Waals surface area contributed by atoms with Gasteiger partial charge in [-0.3, -0.25) is 4.79 Å². The molecule has 1 aliphatic rings. The van der Waals surface area contributed by atoms with E-state index in [1.165, 1.54) is 32.1 Å². The first-order chi connectivity index (χ1) is 8.33. The van der Waals surface area contributed by atoms with Crippen molar-refractivity contribution in [3.8, 4) is 0 Å². The second-order valence-corrected chi connectivity index (χ2v) is 5.16. The lowest BCUT2D eigenvalue weighted by Gasteiger charge is -2.22. The van der Waals surface area contributed by atoms with Gasteiger partial charge in [0.2, 0.25) is 5.91 Å². The minimum Gasteiger partial charge on any atom is -0.356 e. The van der Waals surface area contributed by atoms with Crippen LogP contribution in [-0.2, 0) is 4.79 Å². The molecule has 0 spiro atoms. The summed E-state index contributed by atoms with van der Waals surface area (Å²) in [6.45, 7) is 5.32. The van der Waals surface area contributed by atoms with Gasteiger partial charge >= 0.3 is 0 Å². The molecule has 3 nitrogen and oxygen atoms in total. The highest BCUT2D eigenvalue weighted by Crippen LogP contribution is 2.15. The summed E-state index contributed by atoms with van der Waals surface area (Å²) in [6, 6.07) is 0. The highest BCUT2D eigenvalue weighted by Gasteiger charge is 2.13. The summed E-state index contributed by atoms with van der Waals surface area (Å²) in [5, 5.41) is 6.41. The molecule has 3 heteroatoms. The van der Waals surface area contributed by atoms with E-state index in [4.69, 9.17) is 0 Å². The Labute approximate surface area is 106 Å². The number of hydrogen-bond acceptors (Lipinski definition) is 2. The summed E-state index contributed by atoms with van der Waals surface area (Å²) >= 11 is 0. The van der Waals surface area contributed by atoms with Gasteiger partial charge in [0.15, 0.2) is 0 Å². The minimum absolute atomic E-state index is 0.243. The van der Waals surface area contributed by atoms with E-state index in [0.717, 1.165) is 38.4 Å². The van der Waals surface area contributed by atoms with Crippen molar-refractivity contribution in [1.82, 2.24) is 10.6 Å².